The molecule has 0 aromatic carbocycles. The number of ether oxygens (including phenoxy) is 4. The van der Waals surface area contributed by atoms with Crippen LogP contribution in [0.15, 0.2) is 0 Å². The van der Waals surface area contributed by atoms with E-state index in [1.54, 1.807) is 0 Å². The summed E-state index contributed by atoms with van der Waals surface area (Å²) < 4.78 is 68.1. The maximum absolute atomic E-state index is 13.0. The van der Waals surface area contributed by atoms with Gasteiger partial charge in [0, 0.05) is 25.7 Å². The van der Waals surface area contributed by atoms with E-state index in [4.69, 9.17) is 37.0 Å². The summed E-state index contributed by atoms with van der Waals surface area (Å²) in [4.78, 5) is 72.4. The van der Waals surface area contributed by atoms with E-state index in [1.165, 1.54) is 167 Å². The Labute approximate surface area is 524 Å². The molecule has 0 saturated heterocycles. The van der Waals surface area contributed by atoms with Gasteiger partial charge in [-0.05, 0) is 31.6 Å². The molecule has 0 aliphatic heterocycles. The zero-order chi connectivity index (χ0) is 63.5. The van der Waals surface area contributed by atoms with Gasteiger partial charge >= 0.3 is 39.5 Å². The molecule has 0 aliphatic carbocycles. The van der Waals surface area contributed by atoms with Crippen LogP contribution >= 0.6 is 15.6 Å². The molecule has 3 N–H and O–H groups in total. The van der Waals surface area contributed by atoms with Crippen LogP contribution in [-0.2, 0) is 65.4 Å². The molecule has 0 radical (unpaired) electrons. The molecule has 510 valence electrons. The van der Waals surface area contributed by atoms with Gasteiger partial charge in [0.25, 0.3) is 0 Å². The van der Waals surface area contributed by atoms with Gasteiger partial charge in [0.05, 0.1) is 26.4 Å². The predicted molar refractivity (Wildman–Crippen MR) is 345 cm³/mol. The standard InChI is InChI=1S/C67H130O17P2/c1-6-9-12-15-18-21-24-26-31-36-41-46-51-65(70)78-57-63(84-67(72)53-48-43-38-33-28-29-34-39-44-49-60(4)5)59-82-86(75,76)80-55-61(68)54-79-85(73,74)81-58-62(56-77-64(69)50-45-40-35-30-23-20-17-14-11-8-3)83-66(71)52-47-42-37-32-27-25-22-19-16-13-10-7-2/h60-63,68H,6-59H2,1-5H3,(H,73,74)(H,75,76)/t61-,62+,63+/m0/s1. The molecule has 0 aromatic heterocycles. The summed E-state index contributed by atoms with van der Waals surface area (Å²) >= 11 is 0. The van der Waals surface area contributed by atoms with Crippen molar-refractivity contribution in [2.75, 3.05) is 39.6 Å². The van der Waals surface area contributed by atoms with E-state index in [0.29, 0.717) is 25.7 Å². The molecule has 0 saturated carbocycles. The number of unbranched alkanes of at least 4 members (excludes halogenated alkanes) is 39. The van der Waals surface area contributed by atoms with Crippen LogP contribution < -0.4 is 0 Å². The van der Waals surface area contributed by atoms with E-state index in [-0.39, 0.29) is 25.7 Å². The highest BCUT2D eigenvalue weighted by Gasteiger charge is 2.30. The summed E-state index contributed by atoms with van der Waals surface area (Å²) in [5, 5.41) is 10.6. The topological polar surface area (TPSA) is 237 Å². The van der Waals surface area contributed by atoms with Crippen LogP contribution in [-0.4, -0.2) is 96.7 Å². The first-order chi connectivity index (χ1) is 41.5. The molecule has 0 spiro atoms. The first-order valence-electron chi connectivity index (χ1n) is 35.1. The lowest BCUT2D eigenvalue weighted by Gasteiger charge is -2.21. The molecule has 0 aliphatic rings. The van der Waals surface area contributed by atoms with Crippen molar-refractivity contribution in [1.29, 1.82) is 0 Å². The SMILES string of the molecule is CCCCCCCCCCCCCCC(=O)OC[C@H](COP(=O)(O)OC[C@@H](O)COP(=O)(O)OC[C@@H](COC(=O)CCCCCCCCCCCC)OC(=O)CCCCCCCCCCCCCC)OC(=O)CCCCCCCCCCCC(C)C. The first kappa shape index (κ1) is 84.1. The molecule has 19 heteroatoms. The lowest BCUT2D eigenvalue weighted by molar-refractivity contribution is -0.161. The van der Waals surface area contributed by atoms with Gasteiger partial charge in [-0.3, -0.25) is 37.3 Å². The molecule has 0 rings (SSSR count). The number of phosphoric acid groups is 2. The summed E-state index contributed by atoms with van der Waals surface area (Å²) in [6, 6.07) is 0. The molecule has 86 heavy (non-hydrogen) atoms. The number of rotatable bonds is 67. The number of hydrogen-bond acceptors (Lipinski definition) is 15. The zero-order valence-electron chi connectivity index (χ0n) is 55.4. The quantitative estimate of drug-likeness (QED) is 0.0222. The molecular weight excluding hydrogens is 1140 g/mol. The molecule has 5 atom stereocenters. The Kier molecular flexibility index (Phi) is 59.2. The predicted octanol–water partition coefficient (Wildman–Crippen LogP) is 19.0. The highest BCUT2D eigenvalue weighted by molar-refractivity contribution is 7.47. The number of esters is 4. The van der Waals surface area contributed by atoms with Crippen molar-refractivity contribution in [1.82, 2.24) is 0 Å². The van der Waals surface area contributed by atoms with Crippen molar-refractivity contribution in [2.45, 2.75) is 361 Å². The Morgan fingerprint density at radius 3 is 0.791 bits per heavy atom. The summed E-state index contributed by atoms with van der Waals surface area (Å²) in [5.41, 5.74) is 0. The Morgan fingerprint density at radius 1 is 0.314 bits per heavy atom. The largest absolute Gasteiger partial charge is 0.472 e. The van der Waals surface area contributed by atoms with Gasteiger partial charge in [-0.25, -0.2) is 9.13 Å². The second kappa shape index (κ2) is 60.6. The van der Waals surface area contributed by atoms with Gasteiger partial charge in [0.2, 0.25) is 0 Å². The fourth-order valence-corrected chi connectivity index (χ4v) is 11.7. The van der Waals surface area contributed by atoms with E-state index < -0.39 is 97.5 Å². The zero-order valence-corrected chi connectivity index (χ0v) is 57.2. The van der Waals surface area contributed by atoms with Crippen molar-refractivity contribution in [2.24, 2.45) is 5.92 Å². The second-order valence-corrected chi connectivity index (χ2v) is 27.6. The van der Waals surface area contributed by atoms with E-state index in [9.17, 15) is 43.2 Å². The normalized spacial score (nSPS) is 14.2. The summed E-state index contributed by atoms with van der Waals surface area (Å²) in [7, 11) is -9.89. The van der Waals surface area contributed by atoms with Gasteiger partial charge < -0.3 is 33.8 Å². The lowest BCUT2D eigenvalue weighted by atomic mass is 10.0. The van der Waals surface area contributed by atoms with Gasteiger partial charge in [-0.1, -0.05) is 291 Å². The van der Waals surface area contributed by atoms with Crippen LogP contribution in [0, 0.1) is 5.92 Å². The van der Waals surface area contributed by atoms with E-state index >= 15 is 0 Å². The van der Waals surface area contributed by atoms with Crippen LogP contribution in [0.2, 0.25) is 0 Å². The molecule has 0 amide bonds. The minimum Gasteiger partial charge on any atom is -0.462 e. The Hall–Kier alpha value is -1.94. The molecule has 17 nitrogen and oxygen atoms in total. The lowest BCUT2D eigenvalue weighted by Crippen LogP contribution is -2.30. The third-order valence-corrected chi connectivity index (χ3v) is 17.4. The molecule has 0 fully saturated rings. The monoisotopic (exact) mass is 1270 g/mol. The van der Waals surface area contributed by atoms with Crippen molar-refractivity contribution < 1.29 is 80.2 Å². The van der Waals surface area contributed by atoms with E-state index in [0.717, 1.165) is 95.8 Å². The smallest absolute Gasteiger partial charge is 0.462 e. The summed E-state index contributed by atoms with van der Waals surface area (Å²) in [5.74, 6) is -1.39. The van der Waals surface area contributed by atoms with Crippen LogP contribution in [0.1, 0.15) is 343 Å². The third-order valence-electron chi connectivity index (χ3n) is 15.5. The molecular formula is C67H130O17P2. The van der Waals surface area contributed by atoms with Gasteiger partial charge in [-0.15, -0.1) is 0 Å². The fourth-order valence-electron chi connectivity index (χ4n) is 10.1. The van der Waals surface area contributed by atoms with Crippen LogP contribution in [0.25, 0.3) is 0 Å². The summed E-state index contributed by atoms with van der Waals surface area (Å²) in [6.45, 7) is 7.19. The molecule has 0 aromatic rings. The number of aliphatic hydroxyl groups excluding tert-OH is 1. The van der Waals surface area contributed by atoms with Crippen molar-refractivity contribution in [3.63, 3.8) is 0 Å². The molecule has 2 unspecified atom stereocenters. The molecule has 0 heterocycles. The number of hydrogen-bond donors (Lipinski definition) is 3. The van der Waals surface area contributed by atoms with Crippen molar-refractivity contribution >= 4 is 39.5 Å². The van der Waals surface area contributed by atoms with E-state index in [1.807, 2.05) is 0 Å². The van der Waals surface area contributed by atoms with Crippen LogP contribution in [0.4, 0.5) is 0 Å². The van der Waals surface area contributed by atoms with Gasteiger partial charge in [-0.2, -0.15) is 0 Å². The Balaban J connectivity index is 5.25. The van der Waals surface area contributed by atoms with Gasteiger partial charge in [0.1, 0.15) is 19.3 Å². The molecule has 0 bridgehead atoms. The van der Waals surface area contributed by atoms with Crippen LogP contribution in [0.3, 0.4) is 0 Å². The Bertz CT molecular complexity index is 1670. The number of carbonyl (C=O) groups excluding carboxylic acids is 4. The van der Waals surface area contributed by atoms with Gasteiger partial charge in [0.15, 0.2) is 12.2 Å². The Morgan fingerprint density at radius 2 is 0.535 bits per heavy atom. The van der Waals surface area contributed by atoms with E-state index in [2.05, 4.69) is 34.6 Å². The minimum absolute atomic E-state index is 0.106. The van der Waals surface area contributed by atoms with Crippen molar-refractivity contribution in [3.8, 4) is 0 Å². The summed E-state index contributed by atoms with van der Waals surface area (Å²) in [6.07, 6.45) is 45.6. The minimum atomic E-state index is -4.95. The maximum Gasteiger partial charge on any atom is 0.472 e. The fraction of sp³-hybridized carbons (Fsp3) is 0.940. The number of aliphatic hydroxyl groups is 1. The highest BCUT2D eigenvalue weighted by Crippen LogP contribution is 2.45. The maximum atomic E-state index is 13.0. The number of carbonyl (C=O) groups is 4. The highest BCUT2D eigenvalue weighted by atomic mass is 31.2. The third kappa shape index (κ3) is 60.9. The average molecular weight is 1270 g/mol. The second-order valence-electron chi connectivity index (χ2n) is 24.7. The number of phosphoric ester groups is 2. The van der Waals surface area contributed by atoms with Crippen LogP contribution in [0.5, 0.6) is 0 Å². The van der Waals surface area contributed by atoms with Crippen molar-refractivity contribution in [3.05, 3.63) is 0 Å². The first-order valence-corrected chi connectivity index (χ1v) is 38.1. The average Bonchev–Trinajstić information content (AvgIpc) is 3.58.